The zero-order valence-corrected chi connectivity index (χ0v) is 43.1. The molecule has 0 aromatic carbocycles. The zero-order valence-electron chi connectivity index (χ0n) is 43.1. The van der Waals surface area contributed by atoms with Gasteiger partial charge in [0.1, 0.15) is 6.10 Å². The van der Waals surface area contributed by atoms with Gasteiger partial charge in [0.15, 0.2) is 0 Å². The molecule has 0 aromatic rings. The number of aliphatic hydroxyl groups is 2. The monoisotopic (exact) mass is 910 g/mol. The van der Waals surface area contributed by atoms with Crippen LogP contribution < -0.4 is 5.32 Å². The molecule has 0 bridgehead atoms. The van der Waals surface area contributed by atoms with Crippen molar-refractivity contribution in [3.8, 4) is 0 Å². The summed E-state index contributed by atoms with van der Waals surface area (Å²) in [6.45, 7) is 6.38. The standard InChI is InChI=1S/C59H107NO5/c1-4-7-10-13-16-19-22-24-26-28-29-31-33-35-37-40-43-46-49-52-59(64)65-55(50-47-44-41-38-21-18-15-12-9-6-3)53-58(63)60-56(54-61)57(62)51-48-45-42-39-36-34-32-30-27-25-23-20-17-14-11-8-5-2/h7,10,16,19,24,26,29,31,35,37,55-57,61-62H,4-6,8-9,11-15,17-18,20-23,25,27-28,30,32-34,36,38-54H2,1-3H3,(H,60,63)/b10-7-,19-16-,26-24-,31-29-,37-35-. The van der Waals surface area contributed by atoms with Gasteiger partial charge >= 0.3 is 5.97 Å². The summed E-state index contributed by atoms with van der Waals surface area (Å²) in [5, 5.41) is 23.8. The molecule has 0 aromatic heterocycles. The van der Waals surface area contributed by atoms with E-state index in [-0.39, 0.29) is 24.9 Å². The molecule has 0 aliphatic rings. The molecule has 6 heteroatoms. The van der Waals surface area contributed by atoms with Crippen LogP contribution in [0.5, 0.6) is 0 Å². The molecule has 0 saturated heterocycles. The van der Waals surface area contributed by atoms with E-state index in [4.69, 9.17) is 4.74 Å². The first-order chi connectivity index (χ1) is 32.0. The predicted octanol–water partition coefficient (Wildman–Crippen LogP) is 17.2. The first-order valence-electron chi connectivity index (χ1n) is 28.0. The highest BCUT2D eigenvalue weighted by Crippen LogP contribution is 2.18. The number of allylic oxidation sites excluding steroid dienone is 10. The lowest BCUT2D eigenvalue weighted by atomic mass is 10.0. The highest BCUT2D eigenvalue weighted by Gasteiger charge is 2.24. The summed E-state index contributed by atoms with van der Waals surface area (Å²) in [7, 11) is 0. The van der Waals surface area contributed by atoms with E-state index in [1.165, 1.54) is 135 Å². The van der Waals surface area contributed by atoms with Crippen LogP contribution in [0.25, 0.3) is 0 Å². The molecule has 65 heavy (non-hydrogen) atoms. The number of carbonyl (C=O) groups excluding carboxylic acids is 2. The number of nitrogens with one attached hydrogen (secondary N) is 1. The van der Waals surface area contributed by atoms with Crippen LogP contribution in [0.3, 0.4) is 0 Å². The van der Waals surface area contributed by atoms with Crippen molar-refractivity contribution in [2.45, 2.75) is 296 Å². The van der Waals surface area contributed by atoms with Gasteiger partial charge in [0.25, 0.3) is 0 Å². The number of amides is 1. The Balaban J connectivity index is 4.48. The third-order valence-corrected chi connectivity index (χ3v) is 12.6. The topological polar surface area (TPSA) is 95.9 Å². The number of aliphatic hydroxyl groups excluding tert-OH is 2. The molecule has 0 spiro atoms. The Morgan fingerprint density at radius 2 is 0.831 bits per heavy atom. The van der Waals surface area contributed by atoms with Gasteiger partial charge in [-0.2, -0.15) is 0 Å². The van der Waals surface area contributed by atoms with Gasteiger partial charge in [0.2, 0.25) is 5.91 Å². The van der Waals surface area contributed by atoms with Gasteiger partial charge in [0, 0.05) is 6.42 Å². The van der Waals surface area contributed by atoms with Crippen LogP contribution in [0, 0.1) is 0 Å². The fraction of sp³-hybridized carbons (Fsp3) is 0.797. The highest BCUT2D eigenvalue weighted by atomic mass is 16.5. The van der Waals surface area contributed by atoms with Crippen molar-refractivity contribution in [3.05, 3.63) is 60.8 Å². The van der Waals surface area contributed by atoms with Gasteiger partial charge < -0.3 is 20.3 Å². The maximum Gasteiger partial charge on any atom is 0.306 e. The largest absolute Gasteiger partial charge is 0.462 e. The number of hydrogen-bond acceptors (Lipinski definition) is 5. The van der Waals surface area contributed by atoms with E-state index in [9.17, 15) is 19.8 Å². The van der Waals surface area contributed by atoms with Gasteiger partial charge in [-0.1, -0.05) is 255 Å². The van der Waals surface area contributed by atoms with Crippen LogP contribution in [-0.2, 0) is 14.3 Å². The number of hydrogen-bond donors (Lipinski definition) is 3. The molecule has 0 aliphatic heterocycles. The number of unbranched alkanes of at least 4 members (excludes halogenated alkanes) is 28. The lowest BCUT2D eigenvalue weighted by molar-refractivity contribution is -0.151. The lowest BCUT2D eigenvalue weighted by Gasteiger charge is -2.24. The van der Waals surface area contributed by atoms with Gasteiger partial charge in [-0.3, -0.25) is 9.59 Å². The Morgan fingerprint density at radius 3 is 1.25 bits per heavy atom. The van der Waals surface area contributed by atoms with Crippen molar-refractivity contribution in [1.29, 1.82) is 0 Å². The second kappa shape index (κ2) is 52.5. The van der Waals surface area contributed by atoms with Crippen LogP contribution in [0.15, 0.2) is 60.8 Å². The summed E-state index contributed by atoms with van der Waals surface area (Å²) < 4.78 is 5.93. The Hall–Kier alpha value is -2.44. The van der Waals surface area contributed by atoms with Gasteiger partial charge in [-0.25, -0.2) is 0 Å². The van der Waals surface area contributed by atoms with Crippen molar-refractivity contribution in [3.63, 3.8) is 0 Å². The summed E-state index contributed by atoms with van der Waals surface area (Å²) in [6.07, 6.45) is 65.7. The summed E-state index contributed by atoms with van der Waals surface area (Å²) in [6, 6.07) is -0.708. The number of carbonyl (C=O) groups is 2. The van der Waals surface area contributed by atoms with Crippen molar-refractivity contribution >= 4 is 11.9 Å². The average molecular weight is 911 g/mol. The number of ether oxygens (including phenoxy) is 1. The minimum atomic E-state index is -0.794. The number of rotatable bonds is 50. The summed E-state index contributed by atoms with van der Waals surface area (Å²) >= 11 is 0. The second-order valence-electron chi connectivity index (χ2n) is 19.0. The van der Waals surface area contributed by atoms with Gasteiger partial charge in [0.05, 0.1) is 25.2 Å². The Morgan fingerprint density at radius 1 is 0.462 bits per heavy atom. The highest BCUT2D eigenvalue weighted by molar-refractivity contribution is 5.77. The van der Waals surface area contributed by atoms with E-state index in [1.807, 2.05) is 0 Å². The molecule has 378 valence electrons. The fourth-order valence-corrected chi connectivity index (χ4v) is 8.40. The maximum absolute atomic E-state index is 13.2. The average Bonchev–Trinajstić information content (AvgIpc) is 3.30. The summed E-state index contributed by atoms with van der Waals surface area (Å²) in [5.41, 5.74) is 0. The van der Waals surface area contributed by atoms with Crippen molar-refractivity contribution in [2.24, 2.45) is 0 Å². The van der Waals surface area contributed by atoms with Crippen LogP contribution in [-0.4, -0.2) is 46.9 Å². The molecule has 0 rings (SSSR count). The maximum atomic E-state index is 13.2. The first kappa shape index (κ1) is 62.6. The van der Waals surface area contributed by atoms with Crippen LogP contribution in [0.1, 0.15) is 278 Å². The normalized spacial score (nSPS) is 13.6. The van der Waals surface area contributed by atoms with E-state index < -0.39 is 18.2 Å². The van der Waals surface area contributed by atoms with Gasteiger partial charge in [-0.15, -0.1) is 0 Å². The van der Waals surface area contributed by atoms with Crippen molar-refractivity contribution < 1.29 is 24.5 Å². The molecule has 3 unspecified atom stereocenters. The lowest BCUT2D eigenvalue weighted by Crippen LogP contribution is -2.46. The van der Waals surface area contributed by atoms with Crippen LogP contribution in [0.4, 0.5) is 0 Å². The van der Waals surface area contributed by atoms with E-state index in [0.717, 1.165) is 96.3 Å². The third kappa shape index (κ3) is 47.8. The molecule has 0 aliphatic carbocycles. The van der Waals surface area contributed by atoms with Crippen LogP contribution in [0.2, 0.25) is 0 Å². The molecule has 3 atom stereocenters. The van der Waals surface area contributed by atoms with E-state index in [2.05, 4.69) is 86.8 Å². The predicted molar refractivity (Wildman–Crippen MR) is 282 cm³/mol. The number of esters is 1. The Bertz CT molecular complexity index is 1160. The molecule has 1 amide bonds. The first-order valence-corrected chi connectivity index (χ1v) is 28.0. The van der Waals surface area contributed by atoms with E-state index >= 15 is 0 Å². The Kier molecular flexibility index (Phi) is 50.6. The minimum absolute atomic E-state index is 0.0651. The quantitative estimate of drug-likeness (QED) is 0.0321. The van der Waals surface area contributed by atoms with E-state index in [0.29, 0.717) is 19.3 Å². The third-order valence-electron chi connectivity index (χ3n) is 12.6. The molecule has 6 nitrogen and oxygen atoms in total. The molecular weight excluding hydrogens is 803 g/mol. The van der Waals surface area contributed by atoms with E-state index in [1.54, 1.807) is 0 Å². The second-order valence-corrected chi connectivity index (χ2v) is 19.0. The van der Waals surface area contributed by atoms with Crippen molar-refractivity contribution in [2.75, 3.05) is 6.61 Å². The molecule has 0 fully saturated rings. The Labute approximate surface area is 403 Å². The molecule has 3 N–H and O–H groups in total. The minimum Gasteiger partial charge on any atom is -0.462 e. The smallest absolute Gasteiger partial charge is 0.306 e. The van der Waals surface area contributed by atoms with Crippen molar-refractivity contribution in [1.82, 2.24) is 5.32 Å². The molecular formula is C59H107NO5. The molecule has 0 heterocycles. The van der Waals surface area contributed by atoms with Gasteiger partial charge in [-0.05, 0) is 70.6 Å². The SMILES string of the molecule is CC/C=C\C/C=C\C/C=C\C/C=C\C/C=C\CCCCCC(=O)OC(CCCCCCCCCCCC)CC(=O)NC(CO)C(O)CCCCCCCCCCCCCCCCCCC. The fourth-order valence-electron chi connectivity index (χ4n) is 8.40. The summed E-state index contributed by atoms with van der Waals surface area (Å²) in [5.74, 6) is -0.505. The zero-order chi connectivity index (χ0) is 47.4. The molecule has 0 saturated carbocycles. The summed E-state index contributed by atoms with van der Waals surface area (Å²) in [4.78, 5) is 26.2. The van der Waals surface area contributed by atoms with Crippen LogP contribution >= 0.6 is 0 Å². The molecule has 0 radical (unpaired) electrons.